The van der Waals surface area contributed by atoms with E-state index >= 15 is 0 Å². The molecule has 1 saturated heterocycles. The van der Waals surface area contributed by atoms with Crippen LogP contribution in [0.4, 0.5) is 0 Å². The number of amides is 1. The first kappa shape index (κ1) is 10.8. The van der Waals surface area contributed by atoms with E-state index < -0.39 is 0 Å². The summed E-state index contributed by atoms with van der Waals surface area (Å²) in [5, 5.41) is 0. The molecule has 0 aromatic heterocycles. The van der Waals surface area contributed by atoms with Gasteiger partial charge in [-0.25, -0.2) is 0 Å². The Morgan fingerprint density at radius 2 is 1.82 bits per heavy atom. The third-order valence-electron chi connectivity index (χ3n) is 3.98. The zero-order chi connectivity index (χ0) is 11.8. The maximum atomic E-state index is 12.1. The van der Waals surface area contributed by atoms with Crippen LogP contribution < -0.4 is 5.73 Å². The number of nitrogens with zero attached hydrogens (tertiary/aromatic N) is 1. The molecular weight excluding hydrogens is 212 g/mol. The fourth-order valence-corrected chi connectivity index (χ4v) is 3.05. The van der Waals surface area contributed by atoms with Crippen molar-refractivity contribution in [2.45, 2.75) is 37.8 Å². The van der Waals surface area contributed by atoms with Gasteiger partial charge in [-0.1, -0.05) is 24.3 Å². The van der Waals surface area contributed by atoms with E-state index in [4.69, 9.17) is 5.73 Å². The third kappa shape index (κ3) is 1.84. The van der Waals surface area contributed by atoms with Crippen molar-refractivity contribution in [3.63, 3.8) is 0 Å². The van der Waals surface area contributed by atoms with Crippen LogP contribution in [0.2, 0.25) is 0 Å². The van der Waals surface area contributed by atoms with E-state index in [2.05, 4.69) is 24.3 Å². The molecule has 90 valence electrons. The summed E-state index contributed by atoms with van der Waals surface area (Å²) < 4.78 is 0. The van der Waals surface area contributed by atoms with Gasteiger partial charge in [0.2, 0.25) is 5.91 Å². The van der Waals surface area contributed by atoms with Crippen molar-refractivity contribution < 1.29 is 4.79 Å². The van der Waals surface area contributed by atoms with Gasteiger partial charge in [-0.05, 0) is 36.8 Å². The molecule has 0 bridgehead atoms. The average molecular weight is 230 g/mol. The van der Waals surface area contributed by atoms with E-state index in [0.29, 0.717) is 6.04 Å². The first-order valence-corrected chi connectivity index (χ1v) is 6.38. The summed E-state index contributed by atoms with van der Waals surface area (Å²) in [5.74, 6) is 0.147. The van der Waals surface area contributed by atoms with Gasteiger partial charge in [-0.3, -0.25) is 4.79 Å². The lowest BCUT2D eigenvalue weighted by Crippen LogP contribution is -2.52. The number of piperidine rings is 1. The molecule has 1 atom stereocenters. The molecule has 1 aliphatic carbocycles. The highest BCUT2D eigenvalue weighted by atomic mass is 16.2. The number of nitrogens with two attached hydrogens (primary N) is 1. The largest absolute Gasteiger partial charge is 0.338 e. The van der Waals surface area contributed by atoms with Crippen LogP contribution in [-0.2, 0) is 17.6 Å². The summed E-state index contributed by atoms with van der Waals surface area (Å²) in [6, 6.07) is 8.56. The lowest BCUT2D eigenvalue weighted by molar-refractivity contribution is -0.137. The third-order valence-corrected chi connectivity index (χ3v) is 3.98. The highest BCUT2D eigenvalue weighted by Crippen LogP contribution is 2.27. The quantitative estimate of drug-likeness (QED) is 0.785. The number of likely N-dealkylation sites (tertiary alicyclic amines) is 1. The summed E-state index contributed by atoms with van der Waals surface area (Å²) in [4.78, 5) is 14.1. The van der Waals surface area contributed by atoms with Crippen LogP contribution in [0.15, 0.2) is 24.3 Å². The van der Waals surface area contributed by atoms with Gasteiger partial charge in [0.25, 0.3) is 0 Å². The second-order valence-electron chi connectivity index (χ2n) is 5.11. The van der Waals surface area contributed by atoms with Crippen molar-refractivity contribution >= 4 is 5.91 Å². The molecule has 0 spiro atoms. The number of fused-ring (bicyclic) bond motifs is 1. The molecule has 3 rings (SSSR count). The van der Waals surface area contributed by atoms with E-state index in [-0.39, 0.29) is 11.9 Å². The van der Waals surface area contributed by atoms with E-state index in [1.807, 2.05) is 4.90 Å². The highest BCUT2D eigenvalue weighted by Gasteiger charge is 2.34. The van der Waals surface area contributed by atoms with Crippen LogP contribution in [-0.4, -0.2) is 29.4 Å². The number of carbonyl (C=O) groups is 1. The van der Waals surface area contributed by atoms with Crippen molar-refractivity contribution in [1.82, 2.24) is 4.90 Å². The Kier molecular flexibility index (Phi) is 2.63. The minimum atomic E-state index is -0.271. The number of benzene rings is 1. The Labute approximate surface area is 102 Å². The van der Waals surface area contributed by atoms with Gasteiger partial charge >= 0.3 is 0 Å². The van der Waals surface area contributed by atoms with Gasteiger partial charge in [0, 0.05) is 12.6 Å². The zero-order valence-corrected chi connectivity index (χ0v) is 9.93. The zero-order valence-electron chi connectivity index (χ0n) is 9.93. The van der Waals surface area contributed by atoms with Crippen LogP contribution >= 0.6 is 0 Å². The van der Waals surface area contributed by atoms with Crippen LogP contribution in [0.3, 0.4) is 0 Å². The minimum Gasteiger partial charge on any atom is -0.338 e. The summed E-state index contributed by atoms with van der Waals surface area (Å²) in [7, 11) is 0. The summed E-state index contributed by atoms with van der Waals surface area (Å²) in [6.45, 7) is 0.880. The predicted molar refractivity (Wildman–Crippen MR) is 66.6 cm³/mol. The van der Waals surface area contributed by atoms with Gasteiger partial charge < -0.3 is 10.6 Å². The molecular formula is C14H18N2O. The molecule has 0 saturated carbocycles. The fourth-order valence-electron chi connectivity index (χ4n) is 3.05. The van der Waals surface area contributed by atoms with Crippen LogP contribution in [0.25, 0.3) is 0 Å². The minimum absolute atomic E-state index is 0.147. The topological polar surface area (TPSA) is 46.3 Å². The Morgan fingerprint density at radius 1 is 1.18 bits per heavy atom. The van der Waals surface area contributed by atoms with Crippen molar-refractivity contribution in [2.75, 3.05) is 6.54 Å². The highest BCUT2D eigenvalue weighted by molar-refractivity contribution is 5.82. The smallest absolute Gasteiger partial charge is 0.239 e. The van der Waals surface area contributed by atoms with Gasteiger partial charge in [0.1, 0.15) is 0 Å². The molecule has 0 radical (unpaired) electrons. The fraction of sp³-hybridized carbons (Fsp3) is 0.500. The first-order chi connectivity index (χ1) is 8.25. The Balaban J connectivity index is 1.78. The normalized spacial score (nSPS) is 25.1. The van der Waals surface area contributed by atoms with Crippen molar-refractivity contribution in [2.24, 2.45) is 5.73 Å². The van der Waals surface area contributed by atoms with Gasteiger partial charge in [-0.2, -0.15) is 0 Å². The molecule has 1 aromatic rings. The van der Waals surface area contributed by atoms with Crippen molar-refractivity contribution in [1.29, 1.82) is 0 Å². The van der Waals surface area contributed by atoms with Crippen LogP contribution in [0, 0.1) is 0 Å². The standard InChI is InChI=1S/C14H18N2O/c15-13-6-3-7-16(14(13)17)12-8-10-4-1-2-5-11(10)9-12/h1-2,4-5,12-13H,3,6-9,15H2. The molecule has 1 fully saturated rings. The Hall–Kier alpha value is -1.35. The summed E-state index contributed by atoms with van der Waals surface area (Å²) in [6.07, 6.45) is 3.87. The molecule has 17 heavy (non-hydrogen) atoms. The van der Waals surface area contributed by atoms with Crippen molar-refractivity contribution in [3.05, 3.63) is 35.4 Å². The summed E-state index contributed by atoms with van der Waals surface area (Å²) in [5.41, 5.74) is 8.64. The number of carbonyl (C=O) groups excluding carboxylic acids is 1. The maximum absolute atomic E-state index is 12.1. The van der Waals surface area contributed by atoms with Crippen molar-refractivity contribution in [3.8, 4) is 0 Å². The molecule has 2 aliphatic rings. The lowest BCUT2D eigenvalue weighted by Gasteiger charge is -2.35. The molecule has 1 unspecified atom stereocenters. The molecule has 3 nitrogen and oxygen atoms in total. The second kappa shape index (κ2) is 4.15. The monoisotopic (exact) mass is 230 g/mol. The number of hydrogen-bond donors (Lipinski definition) is 1. The molecule has 3 heteroatoms. The van der Waals surface area contributed by atoms with Gasteiger partial charge in [0.05, 0.1) is 6.04 Å². The van der Waals surface area contributed by atoms with Gasteiger partial charge in [-0.15, -0.1) is 0 Å². The number of rotatable bonds is 1. The van der Waals surface area contributed by atoms with E-state index in [1.54, 1.807) is 0 Å². The Morgan fingerprint density at radius 3 is 2.47 bits per heavy atom. The van der Waals surface area contributed by atoms with E-state index in [0.717, 1.165) is 32.2 Å². The van der Waals surface area contributed by atoms with E-state index in [9.17, 15) is 4.79 Å². The lowest BCUT2D eigenvalue weighted by atomic mass is 10.0. The summed E-state index contributed by atoms with van der Waals surface area (Å²) >= 11 is 0. The first-order valence-electron chi connectivity index (χ1n) is 6.38. The molecule has 2 N–H and O–H groups in total. The second-order valence-corrected chi connectivity index (χ2v) is 5.11. The Bertz CT molecular complexity index is 419. The SMILES string of the molecule is NC1CCCN(C2Cc3ccccc3C2)C1=O. The average Bonchev–Trinajstić information content (AvgIpc) is 2.76. The predicted octanol–water partition coefficient (Wildman–Crippen LogP) is 1.10. The molecule has 1 aromatic carbocycles. The molecule has 1 heterocycles. The maximum Gasteiger partial charge on any atom is 0.239 e. The van der Waals surface area contributed by atoms with Crippen LogP contribution in [0.1, 0.15) is 24.0 Å². The number of hydrogen-bond acceptors (Lipinski definition) is 2. The van der Waals surface area contributed by atoms with E-state index in [1.165, 1.54) is 11.1 Å². The van der Waals surface area contributed by atoms with Crippen LogP contribution in [0.5, 0.6) is 0 Å². The molecule has 1 aliphatic heterocycles. The van der Waals surface area contributed by atoms with Gasteiger partial charge in [0.15, 0.2) is 0 Å². The molecule has 1 amide bonds.